The van der Waals surface area contributed by atoms with Crippen molar-refractivity contribution in [2.75, 3.05) is 0 Å². The molecule has 8 nitrogen and oxygen atoms in total. The van der Waals surface area contributed by atoms with Crippen LogP contribution in [-0.2, 0) is 117 Å². The first-order valence-corrected chi connectivity index (χ1v) is 36.0. The van der Waals surface area contributed by atoms with E-state index < -0.39 is 23.9 Å². The molecule has 0 saturated carbocycles. The summed E-state index contributed by atoms with van der Waals surface area (Å²) in [6.07, 6.45) is 80.8. The van der Waals surface area contributed by atoms with Gasteiger partial charge in [-0.05, 0) is 25.7 Å². The molecule has 0 aliphatic rings. The quantitative estimate of drug-likeness (QED) is 0.0347. The van der Waals surface area contributed by atoms with E-state index in [2.05, 4.69) is 27.7 Å². The van der Waals surface area contributed by atoms with Crippen LogP contribution in [0.3, 0.4) is 0 Å². The number of hydrogen-bond acceptors (Lipinski definition) is 4. The maximum absolute atomic E-state index is 10.3. The molecule has 0 radical (unpaired) electrons. The summed E-state index contributed by atoms with van der Waals surface area (Å²) >= 11 is 0. The van der Waals surface area contributed by atoms with Gasteiger partial charge >= 0.3 is 121 Å². The molecule has 0 aromatic heterocycles. The number of carboxylic acids is 4. The van der Waals surface area contributed by atoms with Gasteiger partial charge in [0, 0.05) is 25.7 Å². The second kappa shape index (κ2) is 101. The Bertz CT molecular complexity index is 1010. The molecule has 85 heavy (non-hydrogen) atoms. The van der Waals surface area contributed by atoms with Crippen molar-refractivity contribution >= 4 is 23.9 Å². The molecule has 0 amide bonds. The van der Waals surface area contributed by atoms with Gasteiger partial charge in [-0.3, -0.25) is 19.2 Å². The van der Waals surface area contributed by atoms with Gasteiger partial charge in [-0.15, -0.1) is 0 Å². The van der Waals surface area contributed by atoms with Gasteiger partial charge < -0.3 is 20.4 Å². The topological polar surface area (TPSA) is 149 Å². The van der Waals surface area contributed by atoms with Gasteiger partial charge in [-0.1, -0.05) is 387 Å². The third-order valence-corrected chi connectivity index (χ3v) is 16.0. The van der Waals surface area contributed by atoms with Crippen LogP contribution in [0.1, 0.15) is 439 Å². The summed E-state index contributed by atoms with van der Waals surface area (Å²) in [4.78, 5) is 41.3. The maximum atomic E-state index is 10.3. The second-order valence-electron chi connectivity index (χ2n) is 24.4. The average molecular weight is 1460 g/mol. The summed E-state index contributed by atoms with van der Waals surface area (Å²) < 4.78 is 0. The van der Waals surface area contributed by atoms with E-state index in [1.165, 1.54) is 334 Å². The SMILES string of the molecule is CCCCCCCCCCCCCCCCCC(=O)O.CCCCCCCCCCCCCCCCCC(=O)O.CCCCCCCCCCCCCCCCCC(=O)O.CCCCCCCCCCCCCCCCCC(=O)O.[Zn+2].[Zn+2].[Zn+2].[Zn+2].[Zn+2]. The zero-order chi connectivity index (χ0) is 59.6. The molecule has 0 saturated heterocycles. The molecular weight excluding hydrogens is 1320 g/mol. The van der Waals surface area contributed by atoms with Gasteiger partial charge in [0.15, 0.2) is 0 Å². The second-order valence-corrected chi connectivity index (χ2v) is 24.4. The number of hydrogen-bond donors (Lipinski definition) is 4. The van der Waals surface area contributed by atoms with E-state index in [0.29, 0.717) is 25.7 Å². The number of rotatable bonds is 64. The largest absolute Gasteiger partial charge is 2.00 e. The Morgan fingerprint density at radius 3 is 0.294 bits per heavy atom. The average Bonchev–Trinajstić information content (AvgIpc) is 3.43. The van der Waals surface area contributed by atoms with Gasteiger partial charge in [0.1, 0.15) is 0 Å². The van der Waals surface area contributed by atoms with Crippen LogP contribution in [0.4, 0.5) is 0 Å². The van der Waals surface area contributed by atoms with Crippen LogP contribution < -0.4 is 0 Å². The van der Waals surface area contributed by atoms with Crippen molar-refractivity contribution in [1.82, 2.24) is 0 Å². The van der Waals surface area contributed by atoms with Crippen molar-refractivity contribution < 1.29 is 137 Å². The Hall–Kier alpha value is 0.997. The van der Waals surface area contributed by atoms with Gasteiger partial charge in [0.05, 0.1) is 0 Å². The Morgan fingerprint density at radius 2 is 0.224 bits per heavy atom. The van der Waals surface area contributed by atoms with E-state index in [1.54, 1.807) is 0 Å². The van der Waals surface area contributed by atoms with Crippen molar-refractivity contribution in [3.05, 3.63) is 0 Å². The number of carbonyl (C=O) groups is 4. The van der Waals surface area contributed by atoms with Crippen LogP contribution in [0.25, 0.3) is 0 Å². The van der Waals surface area contributed by atoms with Crippen LogP contribution in [0.5, 0.6) is 0 Å². The first-order chi connectivity index (χ1) is 39.1. The van der Waals surface area contributed by atoms with E-state index in [-0.39, 0.29) is 97.4 Å². The van der Waals surface area contributed by atoms with E-state index >= 15 is 0 Å². The fourth-order valence-corrected chi connectivity index (χ4v) is 10.6. The zero-order valence-electron chi connectivity index (χ0n) is 58.2. The smallest absolute Gasteiger partial charge is 0.481 e. The van der Waals surface area contributed by atoms with Crippen molar-refractivity contribution in [3.63, 3.8) is 0 Å². The molecule has 0 bridgehead atoms. The van der Waals surface area contributed by atoms with Crippen molar-refractivity contribution in [2.24, 2.45) is 0 Å². The monoisotopic (exact) mass is 1460 g/mol. The minimum absolute atomic E-state index is 0. The van der Waals surface area contributed by atoms with Gasteiger partial charge in [0.25, 0.3) is 0 Å². The summed E-state index contributed by atoms with van der Waals surface area (Å²) in [7, 11) is 0. The van der Waals surface area contributed by atoms with Gasteiger partial charge in [-0.2, -0.15) is 0 Å². The third kappa shape index (κ3) is 123. The third-order valence-electron chi connectivity index (χ3n) is 16.0. The van der Waals surface area contributed by atoms with Gasteiger partial charge in [0.2, 0.25) is 0 Å². The molecular formula is C72H144O8Zn5+10. The van der Waals surface area contributed by atoms with E-state index in [4.69, 9.17) is 20.4 Å². The van der Waals surface area contributed by atoms with E-state index in [0.717, 1.165) is 51.4 Å². The first-order valence-electron chi connectivity index (χ1n) is 36.0. The molecule has 0 rings (SSSR count). The molecule has 480 valence electrons. The molecule has 0 heterocycles. The van der Waals surface area contributed by atoms with E-state index in [9.17, 15) is 19.2 Å². The first kappa shape index (κ1) is 105. The van der Waals surface area contributed by atoms with Crippen LogP contribution >= 0.6 is 0 Å². The fraction of sp³-hybridized carbons (Fsp3) is 0.944. The van der Waals surface area contributed by atoms with Gasteiger partial charge in [-0.25, -0.2) is 0 Å². The van der Waals surface area contributed by atoms with Crippen LogP contribution in [0.2, 0.25) is 0 Å². The number of aliphatic carboxylic acids is 4. The predicted octanol–water partition coefficient (Wildman–Crippen LogP) is 25.3. The molecule has 0 aromatic rings. The minimum atomic E-state index is -0.653. The van der Waals surface area contributed by atoms with Crippen LogP contribution in [0.15, 0.2) is 0 Å². The number of carboxylic acid groups (broad SMARTS) is 4. The molecule has 0 aliphatic carbocycles. The Kier molecular flexibility index (Phi) is 125. The van der Waals surface area contributed by atoms with Crippen molar-refractivity contribution in [1.29, 1.82) is 0 Å². The molecule has 4 N–H and O–H groups in total. The molecule has 0 unspecified atom stereocenters. The summed E-state index contributed by atoms with van der Waals surface area (Å²) in [5.74, 6) is -2.61. The molecule has 13 heteroatoms. The normalized spacial score (nSPS) is 10.2. The summed E-state index contributed by atoms with van der Waals surface area (Å²) in [5.41, 5.74) is 0. The Morgan fingerprint density at radius 1 is 0.153 bits per heavy atom. The fourth-order valence-electron chi connectivity index (χ4n) is 10.6. The molecule has 0 aromatic carbocycles. The Balaban J connectivity index is -0.000000127. The van der Waals surface area contributed by atoms with Crippen molar-refractivity contribution in [2.45, 2.75) is 439 Å². The minimum Gasteiger partial charge on any atom is -0.481 e. The maximum Gasteiger partial charge on any atom is 2.00 e. The standard InChI is InChI=1S/4C18H36O2.5Zn/c4*1-2-3-4-5-6-7-8-9-10-11-12-13-14-15-16-17-18(19)20;;;;;/h4*2-17H2,1H3,(H,19,20);;;;;/q;;;;5*+2. The van der Waals surface area contributed by atoms with Crippen LogP contribution in [0, 0.1) is 0 Å². The predicted molar refractivity (Wildman–Crippen MR) is 349 cm³/mol. The van der Waals surface area contributed by atoms with Crippen LogP contribution in [-0.4, -0.2) is 44.3 Å². The van der Waals surface area contributed by atoms with E-state index in [1.807, 2.05) is 0 Å². The molecule has 0 aliphatic heterocycles. The summed E-state index contributed by atoms with van der Waals surface area (Å²) in [6.45, 7) is 9.08. The molecule has 0 fully saturated rings. The Labute approximate surface area is 594 Å². The molecule has 0 atom stereocenters. The summed E-state index contributed by atoms with van der Waals surface area (Å²) in [5, 5.41) is 34.1. The van der Waals surface area contributed by atoms with Crippen molar-refractivity contribution in [3.8, 4) is 0 Å². The molecule has 0 spiro atoms. The summed E-state index contributed by atoms with van der Waals surface area (Å²) in [6, 6.07) is 0. The number of unbranched alkanes of at least 4 members (excludes halogenated alkanes) is 56. The zero-order valence-corrected chi connectivity index (χ0v) is 73.0.